The van der Waals surface area contributed by atoms with Crippen molar-refractivity contribution in [3.05, 3.63) is 39.9 Å². The number of rotatable bonds is 7. The van der Waals surface area contributed by atoms with Crippen LogP contribution in [0.1, 0.15) is 5.56 Å². The van der Waals surface area contributed by atoms with Crippen LogP contribution < -0.4 is 10.5 Å². The Morgan fingerprint density at radius 2 is 2.05 bits per heavy atom. The van der Waals surface area contributed by atoms with Crippen molar-refractivity contribution in [1.82, 2.24) is 4.72 Å². The van der Waals surface area contributed by atoms with Gasteiger partial charge >= 0.3 is 0 Å². The van der Waals surface area contributed by atoms with Crippen molar-refractivity contribution in [1.29, 1.82) is 0 Å². The molecule has 10 heteroatoms. The molecule has 1 aromatic rings. The van der Waals surface area contributed by atoms with E-state index in [2.05, 4.69) is 0 Å². The second-order valence-electron chi connectivity index (χ2n) is 3.91. The third-order valence-corrected chi connectivity index (χ3v) is 3.66. The monoisotopic (exact) mass is 303 g/mol. The number of primary amides is 1. The number of carbonyl (C=O) groups excluding carboxylic acids is 1. The van der Waals surface area contributed by atoms with Crippen LogP contribution in [0.4, 0.5) is 5.69 Å². The molecule has 20 heavy (non-hydrogen) atoms. The number of aliphatic hydroxyl groups is 1. The molecule has 0 aliphatic heterocycles. The lowest BCUT2D eigenvalue weighted by atomic mass is 10.2. The molecule has 0 bridgehead atoms. The molecular formula is C10H13N3O6S. The van der Waals surface area contributed by atoms with E-state index in [1.165, 1.54) is 24.3 Å². The molecule has 4 N–H and O–H groups in total. The molecule has 0 radical (unpaired) electrons. The van der Waals surface area contributed by atoms with Crippen LogP contribution in [0, 0.1) is 10.1 Å². The number of sulfonamides is 1. The molecule has 1 amide bonds. The quantitative estimate of drug-likeness (QED) is 0.427. The number of nitrogens with two attached hydrogens (primary N) is 1. The maximum atomic E-state index is 11.7. The smallest absolute Gasteiger partial charge is 0.273 e. The Bertz CT molecular complexity index is 615. The molecule has 0 spiro atoms. The van der Waals surface area contributed by atoms with Crippen molar-refractivity contribution in [2.45, 2.75) is 11.9 Å². The van der Waals surface area contributed by atoms with Crippen LogP contribution >= 0.6 is 0 Å². The number of carbonyl (C=O) groups is 1. The molecule has 1 unspecified atom stereocenters. The van der Waals surface area contributed by atoms with Crippen LogP contribution in [0.3, 0.4) is 0 Å². The normalized spacial score (nSPS) is 12.8. The summed E-state index contributed by atoms with van der Waals surface area (Å²) < 4.78 is 25.4. The fourth-order valence-corrected chi connectivity index (χ4v) is 2.54. The lowest BCUT2D eigenvalue weighted by Crippen LogP contribution is -2.40. The summed E-state index contributed by atoms with van der Waals surface area (Å²) in [4.78, 5) is 20.6. The molecule has 0 aliphatic carbocycles. The highest BCUT2D eigenvalue weighted by atomic mass is 32.2. The summed E-state index contributed by atoms with van der Waals surface area (Å²) in [6.45, 7) is -0.585. The lowest BCUT2D eigenvalue weighted by Gasteiger charge is -2.09. The first-order chi connectivity index (χ1) is 9.23. The maximum Gasteiger partial charge on any atom is 0.273 e. The number of benzene rings is 1. The minimum Gasteiger partial charge on any atom is -0.382 e. The van der Waals surface area contributed by atoms with Gasteiger partial charge in [0.25, 0.3) is 5.69 Å². The van der Waals surface area contributed by atoms with E-state index in [0.717, 1.165) is 0 Å². The number of nitro groups is 1. The highest BCUT2D eigenvalue weighted by molar-refractivity contribution is 7.88. The van der Waals surface area contributed by atoms with E-state index in [1.54, 1.807) is 0 Å². The van der Waals surface area contributed by atoms with Gasteiger partial charge in [-0.25, -0.2) is 13.1 Å². The van der Waals surface area contributed by atoms with Gasteiger partial charge in [-0.15, -0.1) is 0 Å². The largest absolute Gasteiger partial charge is 0.382 e. The van der Waals surface area contributed by atoms with Gasteiger partial charge in [-0.2, -0.15) is 0 Å². The third-order valence-electron chi connectivity index (χ3n) is 2.36. The fourth-order valence-electron chi connectivity index (χ4n) is 1.37. The van der Waals surface area contributed by atoms with Gasteiger partial charge in [-0.05, 0) is 0 Å². The van der Waals surface area contributed by atoms with E-state index in [-0.39, 0.29) is 11.3 Å². The van der Waals surface area contributed by atoms with Gasteiger partial charge in [-0.1, -0.05) is 18.2 Å². The summed E-state index contributed by atoms with van der Waals surface area (Å²) in [5.41, 5.74) is 4.44. The summed E-state index contributed by atoms with van der Waals surface area (Å²) in [5, 5.41) is 19.8. The molecule has 110 valence electrons. The zero-order chi connectivity index (χ0) is 15.3. The summed E-state index contributed by atoms with van der Waals surface area (Å²) in [5.74, 6) is -1.71. The van der Waals surface area contributed by atoms with Crippen LogP contribution in [0.25, 0.3) is 0 Å². The Morgan fingerprint density at radius 1 is 1.45 bits per heavy atom. The van der Waals surface area contributed by atoms with Crippen LogP contribution in [0.5, 0.6) is 0 Å². The Morgan fingerprint density at radius 3 is 2.60 bits per heavy atom. The van der Waals surface area contributed by atoms with Crippen LogP contribution in [0.2, 0.25) is 0 Å². The van der Waals surface area contributed by atoms with Crippen LogP contribution in [0.15, 0.2) is 24.3 Å². The molecule has 0 aromatic heterocycles. The van der Waals surface area contributed by atoms with Gasteiger partial charge in [-0.3, -0.25) is 14.9 Å². The van der Waals surface area contributed by atoms with E-state index in [0.29, 0.717) is 0 Å². The summed E-state index contributed by atoms with van der Waals surface area (Å²) in [6, 6.07) is 5.37. The Balaban J connectivity index is 2.82. The minimum atomic E-state index is -3.94. The van der Waals surface area contributed by atoms with E-state index < -0.39 is 39.3 Å². The number of amides is 1. The number of para-hydroxylation sites is 1. The number of nitrogens with zero attached hydrogens (tertiary/aromatic N) is 1. The molecule has 0 heterocycles. The molecule has 0 saturated heterocycles. The van der Waals surface area contributed by atoms with Crippen molar-refractivity contribution in [2.75, 3.05) is 6.54 Å². The van der Waals surface area contributed by atoms with Crippen molar-refractivity contribution in [3.8, 4) is 0 Å². The SMILES string of the molecule is NC(=O)C(O)CNS(=O)(=O)Cc1ccccc1[N+](=O)[O-]. The van der Waals surface area contributed by atoms with Gasteiger partial charge in [0.1, 0.15) is 6.10 Å². The predicted octanol–water partition coefficient (Wildman–Crippen LogP) is -1.14. The van der Waals surface area contributed by atoms with Gasteiger partial charge in [0.2, 0.25) is 15.9 Å². The predicted molar refractivity (Wildman–Crippen MR) is 68.9 cm³/mol. The first-order valence-electron chi connectivity index (χ1n) is 5.40. The first kappa shape index (κ1) is 16.0. The highest BCUT2D eigenvalue weighted by Crippen LogP contribution is 2.19. The zero-order valence-corrected chi connectivity index (χ0v) is 11.0. The van der Waals surface area contributed by atoms with E-state index in [1.807, 2.05) is 4.72 Å². The molecule has 1 atom stereocenters. The average molecular weight is 303 g/mol. The maximum absolute atomic E-state index is 11.7. The Kier molecular flexibility index (Phi) is 5.13. The third kappa shape index (κ3) is 4.57. The molecule has 1 aromatic carbocycles. The molecule has 0 fully saturated rings. The van der Waals surface area contributed by atoms with Gasteiger partial charge < -0.3 is 10.8 Å². The van der Waals surface area contributed by atoms with E-state index in [9.17, 15) is 23.3 Å². The summed E-state index contributed by atoms with van der Waals surface area (Å²) >= 11 is 0. The molecule has 9 nitrogen and oxygen atoms in total. The highest BCUT2D eigenvalue weighted by Gasteiger charge is 2.21. The van der Waals surface area contributed by atoms with Gasteiger partial charge in [0, 0.05) is 18.2 Å². The van der Waals surface area contributed by atoms with Gasteiger partial charge in [0.15, 0.2) is 0 Å². The number of aliphatic hydroxyl groups excluding tert-OH is 1. The lowest BCUT2D eigenvalue weighted by molar-refractivity contribution is -0.385. The van der Waals surface area contributed by atoms with Crippen LogP contribution in [-0.4, -0.2) is 37.0 Å². The first-order valence-corrected chi connectivity index (χ1v) is 7.05. The van der Waals surface area contributed by atoms with Crippen LogP contribution in [-0.2, 0) is 20.6 Å². The zero-order valence-electron chi connectivity index (χ0n) is 10.2. The Hall–Kier alpha value is -2.04. The molecule has 0 aliphatic rings. The minimum absolute atomic E-state index is 0.00133. The second-order valence-corrected chi connectivity index (χ2v) is 5.72. The molecule has 1 rings (SSSR count). The van der Waals surface area contributed by atoms with E-state index in [4.69, 9.17) is 10.8 Å². The number of nitro benzene ring substituents is 1. The van der Waals surface area contributed by atoms with Crippen molar-refractivity contribution < 1.29 is 23.2 Å². The van der Waals surface area contributed by atoms with Crippen molar-refractivity contribution in [3.63, 3.8) is 0 Å². The Labute approximate surface area is 114 Å². The van der Waals surface area contributed by atoms with Crippen molar-refractivity contribution in [2.24, 2.45) is 5.73 Å². The summed E-state index contributed by atoms with van der Waals surface area (Å²) in [7, 11) is -3.94. The van der Waals surface area contributed by atoms with Gasteiger partial charge in [0.05, 0.1) is 10.7 Å². The number of hydrogen-bond acceptors (Lipinski definition) is 6. The molecule has 0 saturated carbocycles. The second kappa shape index (κ2) is 6.41. The fraction of sp³-hybridized carbons (Fsp3) is 0.300. The standard InChI is InChI=1S/C10H13N3O6S/c11-10(15)9(14)5-12-20(18,19)6-7-3-1-2-4-8(7)13(16)17/h1-4,9,12,14H,5-6H2,(H2,11,15). The summed E-state index contributed by atoms with van der Waals surface area (Å²) in [6.07, 6.45) is -1.66. The van der Waals surface area contributed by atoms with E-state index >= 15 is 0 Å². The molecular weight excluding hydrogens is 290 g/mol. The van der Waals surface area contributed by atoms with Crippen molar-refractivity contribution >= 4 is 21.6 Å². The topological polar surface area (TPSA) is 153 Å². The average Bonchev–Trinajstić information content (AvgIpc) is 2.35. The number of nitrogens with one attached hydrogen (secondary N) is 1. The number of hydrogen-bond donors (Lipinski definition) is 3.